The fraction of sp³-hybridized carbons (Fsp3) is 0.706. The number of H-pyrrole nitrogens is 1. The quantitative estimate of drug-likeness (QED) is 0.504. The lowest BCUT2D eigenvalue weighted by atomic mass is 9.99. The molecule has 0 aliphatic carbocycles. The molecule has 1 aromatic heterocycles. The molecule has 3 atom stereocenters. The summed E-state index contributed by atoms with van der Waals surface area (Å²) >= 11 is 6.13. The Hall–Kier alpha value is -2.20. The van der Waals surface area contributed by atoms with Crippen molar-refractivity contribution < 1.29 is 23.8 Å². The zero-order chi connectivity index (χ0) is 21.1. The average Bonchev–Trinajstić information content (AvgIpc) is 2.97. The maximum Gasteiger partial charge on any atom is 0.347 e. The molecule has 1 aliphatic rings. The van der Waals surface area contributed by atoms with Crippen LogP contribution in [0.5, 0.6) is 0 Å². The number of carbonyl (C=O) groups excluding carboxylic acids is 2. The van der Waals surface area contributed by atoms with Gasteiger partial charge in [-0.15, -0.1) is 11.6 Å². The van der Waals surface area contributed by atoms with E-state index in [2.05, 4.69) is 10.1 Å². The van der Waals surface area contributed by atoms with E-state index in [9.17, 15) is 19.2 Å². The molecule has 10 nitrogen and oxygen atoms in total. The Morgan fingerprint density at radius 1 is 1.32 bits per heavy atom. The van der Waals surface area contributed by atoms with E-state index in [0.29, 0.717) is 0 Å². The maximum atomic E-state index is 12.1. The van der Waals surface area contributed by atoms with E-state index in [0.717, 1.165) is 10.9 Å². The van der Waals surface area contributed by atoms with Gasteiger partial charge in [0.05, 0.1) is 17.7 Å². The standard InChI is InChI=1S/C17H24ClN3O7/c1-9(2)14(23)26-8-17(7-18)11(27-15(24)10(3)4)5-13(28-17)21-16(25)20-12(22)6-19-21/h6,9-11,13H,5,7-8H2,1-4H3,(H,20,22,25). The minimum atomic E-state index is -1.36. The second-order valence-electron chi connectivity index (χ2n) is 7.23. The highest BCUT2D eigenvalue weighted by Gasteiger charge is 2.53. The Morgan fingerprint density at radius 3 is 2.50 bits per heavy atom. The summed E-state index contributed by atoms with van der Waals surface area (Å²) in [7, 11) is 0. The van der Waals surface area contributed by atoms with Gasteiger partial charge in [0.25, 0.3) is 5.56 Å². The summed E-state index contributed by atoms with van der Waals surface area (Å²) in [6.07, 6.45) is -0.876. The first-order valence-corrected chi connectivity index (χ1v) is 9.42. The number of hydrogen-bond donors (Lipinski definition) is 1. The Morgan fingerprint density at radius 2 is 1.96 bits per heavy atom. The number of nitrogens with zero attached hydrogens (tertiary/aromatic N) is 2. The summed E-state index contributed by atoms with van der Waals surface area (Å²) < 4.78 is 17.7. The molecule has 2 rings (SSSR count). The van der Waals surface area contributed by atoms with Crippen molar-refractivity contribution in [3.05, 3.63) is 27.0 Å². The molecule has 1 aromatic rings. The van der Waals surface area contributed by atoms with E-state index in [1.165, 1.54) is 0 Å². The smallest absolute Gasteiger partial charge is 0.347 e. The molecule has 3 unspecified atom stereocenters. The number of aromatic amines is 1. The lowest BCUT2D eigenvalue weighted by Crippen LogP contribution is -2.49. The van der Waals surface area contributed by atoms with Gasteiger partial charge < -0.3 is 14.2 Å². The van der Waals surface area contributed by atoms with Crippen LogP contribution in [-0.2, 0) is 23.8 Å². The van der Waals surface area contributed by atoms with Crippen LogP contribution in [0.15, 0.2) is 15.8 Å². The number of halogens is 1. The molecule has 11 heteroatoms. The molecule has 0 amide bonds. The fourth-order valence-electron chi connectivity index (χ4n) is 2.58. The second-order valence-corrected chi connectivity index (χ2v) is 7.50. The Labute approximate surface area is 166 Å². The second kappa shape index (κ2) is 8.87. The molecule has 0 radical (unpaired) electrons. The van der Waals surface area contributed by atoms with Crippen molar-refractivity contribution in [3.63, 3.8) is 0 Å². The molecule has 0 saturated carbocycles. The van der Waals surface area contributed by atoms with E-state index in [1.807, 2.05) is 0 Å². The summed E-state index contributed by atoms with van der Waals surface area (Å²) in [6.45, 7) is 6.43. The predicted octanol–water partition coefficient (Wildman–Crippen LogP) is 0.595. The van der Waals surface area contributed by atoms with Gasteiger partial charge in [-0.05, 0) is 0 Å². The third kappa shape index (κ3) is 4.79. The van der Waals surface area contributed by atoms with Crippen LogP contribution in [-0.4, -0.2) is 50.9 Å². The van der Waals surface area contributed by atoms with Crippen LogP contribution in [0, 0.1) is 11.8 Å². The van der Waals surface area contributed by atoms with Crippen molar-refractivity contribution in [1.82, 2.24) is 14.8 Å². The van der Waals surface area contributed by atoms with Gasteiger partial charge in [-0.2, -0.15) is 9.78 Å². The van der Waals surface area contributed by atoms with Gasteiger partial charge in [-0.25, -0.2) is 4.79 Å². The van der Waals surface area contributed by atoms with Crippen molar-refractivity contribution in [2.45, 2.75) is 52.0 Å². The highest BCUT2D eigenvalue weighted by atomic mass is 35.5. The Bertz CT molecular complexity index is 835. The van der Waals surface area contributed by atoms with E-state index < -0.39 is 47.0 Å². The molecule has 0 bridgehead atoms. The summed E-state index contributed by atoms with van der Waals surface area (Å²) in [5, 5.41) is 3.78. The van der Waals surface area contributed by atoms with Crippen LogP contribution in [0.2, 0.25) is 0 Å². The lowest BCUT2D eigenvalue weighted by Gasteiger charge is -2.32. The molecule has 28 heavy (non-hydrogen) atoms. The maximum absolute atomic E-state index is 12.1. The molecule has 0 spiro atoms. The number of ether oxygens (including phenoxy) is 3. The SMILES string of the molecule is CC(C)C(=O)OCC1(CCl)OC(n2ncc(=O)[nH]c2=O)CC1OC(=O)C(C)C. The van der Waals surface area contributed by atoms with E-state index in [4.69, 9.17) is 25.8 Å². The average molecular weight is 418 g/mol. The number of esters is 2. The van der Waals surface area contributed by atoms with Crippen LogP contribution in [0.25, 0.3) is 0 Å². The summed E-state index contributed by atoms with van der Waals surface area (Å²) in [6, 6.07) is 0. The molecular formula is C17H24ClN3O7. The van der Waals surface area contributed by atoms with Crippen LogP contribution >= 0.6 is 11.6 Å². The van der Waals surface area contributed by atoms with Crippen molar-refractivity contribution in [3.8, 4) is 0 Å². The highest BCUT2D eigenvalue weighted by Crippen LogP contribution is 2.39. The Kier molecular flexibility index (Phi) is 7.00. The third-order valence-electron chi connectivity index (χ3n) is 4.27. The monoisotopic (exact) mass is 417 g/mol. The van der Waals surface area contributed by atoms with E-state index in [1.54, 1.807) is 27.7 Å². The van der Waals surface area contributed by atoms with Crippen molar-refractivity contribution in [2.24, 2.45) is 11.8 Å². The van der Waals surface area contributed by atoms with Crippen LogP contribution in [0.4, 0.5) is 0 Å². The molecular weight excluding hydrogens is 394 g/mol. The van der Waals surface area contributed by atoms with Crippen LogP contribution in [0.1, 0.15) is 40.3 Å². The van der Waals surface area contributed by atoms with Crippen molar-refractivity contribution in [2.75, 3.05) is 12.5 Å². The first kappa shape index (κ1) is 22.1. The van der Waals surface area contributed by atoms with Gasteiger partial charge in [0.2, 0.25) is 0 Å². The van der Waals surface area contributed by atoms with Crippen LogP contribution < -0.4 is 11.2 Å². The normalized spacial score (nSPS) is 24.5. The van der Waals surface area contributed by atoms with Gasteiger partial charge in [0.1, 0.15) is 18.9 Å². The predicted molar refractivity (Wildman–Crippen MR) is 97.8 cm³/mol. The Balaban J connectivity index is 2.33. The largest absolute Gasteiger partial charge is 0.462 e. The minimum absolute atomic E-state index is 0.0450. The molecule has 1 saturated heterocycles. The summed E-state index contributed by atoms with van der Waals surface area (Å²) in [4.78, 5) is 49.4. The number of carbonyl (C=O) groups is 2. The van der Waals surface area contributed by atoms with Crippen molar-refractivity contribution in [1.29, 1.82) is 0 Å². The van der Waals surface area contributed by atoms with Gasteiger partial charge >= 0.3 is 17.6 Å². The summed E-state index contributed by atoms with van der Waals surface area (Å²) in [5.74, 6) is -1.89. The molecule has 1 fully saturated rings. The number of aromatic nitrogens is 3. The lowest BCUT2D eigenvalue weighted by molar-refractivity contribution is -0.177. The van der Waals surface area contributed by atoms with Gasteiger partial charge in [-0.3, -0.25) is 19.4 Å². The zero-order valence-corrected chi connectivity index (χ0v) is 16.9. The minimum Gasteiger partial charge on any atom is -0.462 e. The third-order valence-corrected chi connectivity index (χ3v) is 4.72. The zero-order valence-electron chi connectivity index (χ0n) is 16.1. The molecule has 156 valence electrons. The number of hydrogen-bond acceptors (Lipinski definition) is 8. The van der Waals surface area contributed by atoms with Crippen molar-refractivity contribution >= 4 is 23.5 Å². The van der Waals surface area contributed by atoms with Gasteiger partial charge in [0.15, 0.2) is 11.8 Å². The van der Waals surface area contributed by atoms with Crippen LogP contribution in [0.3, 0.4) is 0 Å². The fourth-order valence-corrected chi connectivity index (χ4v) is 2.90. The number of alkyl halides is 1. The molecule has 1 N–H and O–H groups in total. The number of nitrogens with one attached hydrogen (secondary N) is 1. The van der Waals surface area contributed by atoms with Gasteiger partial charge in [0, 0.05) is 6.42 Å². The summed E-state index contributed by atoms with van der Waals surface area (Å²) in [5.41, 5.74) is -2.80. The van der Waals surface area contributed by atoms with E-state index in [-0.39, 0.29) is 24.8 Å². The topological polar surface area (TPSA) is 130 Å². The first-order chi connectivity index (χ1) is 13.1. The molecule has 1 aliphatic heterocycles. The molecule has 2 heterocycles. The number of rotatable bonds is 7. The first-order valence-electron chi connectivity index (χ1n) is 8.88. The van der Waals surface area contributed by atoms with E-state index >= 15 is 0 Å². The van der Waals surface area contributed by atoms with Gasteiger partial charge in [-0.1, -0.05) is 27.7 Å². The highest BCUT2D eigenvalue weighted by molar-refractivity contribution is 6.18. The molecule has 0 aromatic carbocycles.